The summed E-state index contributed by atoms with van der Waals surface area (Å²) in [7, 11) is 0. The van der Waals surface area contributed by atoms with Crippen LogP contribution in [0.3, 0.4) is 0 Å². The second-order valence-electron chi connectivity index (χ2n) is 3.67. The van der Waals surface area contributed by atoms with Crippen LogP contribution in [0.2, 0.25) is 0 Å². The summed E-state index contributed by atoms with van der Waals surface area (Å²) < 4.78 is 8.53. The van der Waals surface area contributed by atoms with Gasteiger partial charge in [-0.3, -0.25) is 0 Å². The number of amides is 1. The van der Waals surface area contributed by atoms with Crippen LogP contribution < -0.4 is 11.1 Å². The summed E-state index contributed by atoms with van der Waals surface area (Å²) in [6, 6.07) is 5.45. The van der Waals surface area contributed by atoms with Crippen LogP contribution in [0.5, 0.6) is 0 Å². The summed E-state index contributed by atoms with van der Waals surface area (Å²) in [5, 5.41) is 2.81. The van der Waals surface area contributed by atoms with Crippen molar-refractivity contribution in [2.75, 3.05) is 5.32 Å². The topological polar surface area (TPSA) is 80.9 Å². The molecule has 0 fully saturated rings. The molecule has 1 atom stereocenters. The first-order valence-corrected chi connectivity index (χ1v) is 6.47. The summed E-state index contributed by atoms with van der Waals surface area (Å²) in [5.41, 5.74) is 7.94. The van der Waals surface area contributed by atoms with Crippen LogP contribution in [0.15, 0.2) is 18.2 Å². The summed E-state index contributed by atoms with van der Waals surface area (Å²) >= 11 is -0.0790. The van der Waals surface area contributed by atoms with E-state index in [-0.39, 0.29) is 26.9 Å². The van der Waals surface area contributed by atoms with E-state index in [2.05, 4.69) is 13.3 Å². The first-order valence-electron chi connectivity index (χ1n) is 4.93. The maximum atomic E-state index is 11.6. The number of carbonyl (C=O) groups is 1. The van der Waals surface area contributed by atoms with E-state index in [1.54, 1.807) is 6.92 Å². The molecule has 0 saturated heterocycles. The van der Waals surface area contributed by atoms with Gasteiger partial charge in [0.1, 0.15) is 0 Å². The molecule has 2 rings (SSSR count). The third-order valence-electron chi connectivity index (χ3n) is 2.07. The van der Waals surface area contributed by atoms with E-state index in [4.69, 9.17) is 5.73 Å². The number of carbonyl (C=O) groups excluding carboxylic acids is 1. The minimum absolute atomic E-state index is 0.0790. The normalized spacial score (nSPS) is 12.6. The quantitative estimate of drug-likeness (QED) is 0.797. The van der Waals surface area contributed by atoms with Gasteiger partial charge in [0.15, 0.2) is 0 Å². The second-order valence-corrected chi connectivity index (χ2v) is 4.78. The fourth-order valence-corrected chi connectivity index (χ4v) is 2.55. The second kappa shape index (κ2) is 4.74. The Kier molecular flexibility index (Phi) is 3.33. The van der Waals surface area contributed by atoms with E-state index in [1.165, 1.54) is 0 Å². The molecule has 5 nitrogen and oxygen atoms in total. The number of nitrogens with one attached hydrogen (secondary N) is 1. The summed E-state index contributed by atoms with van der Waals surface area (Å²) in [6.45, 7) is 1.80. The Labute approximate surface area is 99.3 Å². The van der Waals surface area contributed by atoms with Crippen molar-refractivity contribution in [2.24, 2.45) is 5.73 Å². The number of aromatic nitrogens is 2. The Morgan fingerprint density at radius 2 is 2.38 bits per heavy atom. The predicted molar refractivity (Wildman–Crippen MR) is 63.4 cm³/mol. The molecular formula is C10H12N4OSe. The van der Waals surface area contributed by atoms with Crippen molar-refractivity contribution < 1.29 is 4.79 Å². The van der Waals surface area contributed by atoms with Gasteiger partial charge in [-0.15, -0.1) is 0 Å². The molecule has 16 heavy (non-hydrogen) atoms. The van der Waals surface area contributed by atoms with E-state index >= 15 is 0 Å². The molecule has 2 aromatic rings. The molecule has 0 bridgehead atoms. The van der Waals surface area contributed by atoms with E-state index in [1.807, 2.05) is 18.2 Å². The molecule has 3 N–H and O–H groups in total. The fraction of sp³-hybridized carbons (Fsp3) is 0.300. The number of nitrogens with zero attached hydrogens (tertiary/aromatic N) is 2. The molecular weight excluding hydrogens is 271 g/mol. The fourth-order valence-electron chi connectivity index (χ4n) is 1.40. The van der Waals surface area contributed by atoms with Gasteiger partial charge >= 0.3 is 99.0 Å². The van der Waals surface area contributed by atoms with Crippen molar-refractivity contribution in [3.05, 3.63) is 18.2 Å². The first-order chi connectivity index (χ1) is 7.66. The Bertz CT molecular complexity index is 508. The van der Waals surface area contributed by atoms with Crippen LogP contribution in [-0.2, 0) is 4.79 Å². The molecule has 0 aliphatic rings. The van der Waals surface area contributed by atoms with Crippen LogP contribution in [0.4, 0.5) is 5.69 Å². The van der Waals surface area contributed by atoms with E-state index < -0.39 is 0 Å². The molecule has 1 aromatic heterocycles. The molecule has 1 amide bonds. The van der Waals surface area contributed by atoms with Gasteiger partial charge in [-0.2, -0.15) is 0 Å². The van der Waals surface area contributed by atoms with Crippen LogP contribution in [0.1, 0.15) is 13.3 Å². The maximum absolute atomic E-state index is 11.6. The van der Waals surface area contributed by atoms with Gasteiger partial charge in [0.25, 0.3) is 0 Å². The third-order valence-corrected chi connectivity index (χ3v) is 3.21. The Morgan fingerprint density at radius 3 is 3.12 bits per heavy atom. The van der Waals surface area contributed by atoms with Crippen molar-refractivity contribution in [3.8, 4) is 0 Å². The molecule has 6 heteroatoms. The van der Waals surface area contributed by atoms with Gasteiger partial charge in [-0.25, -0.2) is 0 Å². The number of fused-ring (bicyclic) bond motifs is 1. The number of hydrogen-bond donors (Lipinski definition) is 2. The van der Waals surface area contributed by atoms with Crippen LogP contribution in [-0.4, -0.2) is 34.9 Å². The van der Waals surface area contributed by atoms with E-state index in [9.17, 15) is 4.79 Å². The van der Waals surface area contributed by atoms with Crippen molar-refractivity contribution >= 4 is 37.6 Å². The molecule has 0 spiro atoms. The average Bonchev–Trinajstić information content (AvgIpc) is 2.65. The molecule has 0 aliphatic carbocycles. The Morgan fingerprint density at radius 1 is 1.56 bits per heavy atom. The first kappa shape index (κ1) is 11.3. The predicted octanol–water partition coefficient (Wildman–Crippen LogP) is 0.363. The Hall–Kier alpha value is -1.23. The number of anilines is 1. The van der Waals surface area contributed by atoms with E-state index in [0.717, 1.165) is 16.7 Å². The zero-order valence-corrected chi connectivity index (χ0v) is 10.5. The summed E-state index contributed by atoms with van der Waals surface area (Å²) in [5.74, 6) is -0.0852. The zero-order valence-electron chi connectivity index (χ0n) is 8.80. The van der Waals surface area contributed by atoms with E-state index in [0.29, 0.717) is 6.42 Å². The monoisotopic (exact) mass is 284 g/mol. The standard InChI is InChI=1S/C10H12N4OSe/c1-6(11)5-9(15)12-7-3-2-4-8-10(7)14-16-13-8/h2-4,6H,5,11H2,1H3,(H,12,15). The number of rotatable bonds is 3. The number of hydrogen-bond acceptors (Lipinski definition) is 4. The SMILES string of the molecule is CC(N)CC(=O)Nc1cccc2n[se]nc12. The molecule has 0 aliphatic heterocycles. The van der Waals surface area contributed by atoms with Crippen LogP contribution in [0, 0.1) is 0 Å². The van der Waals surface area contributed by atoms with Crippen molar-refractivity contribution in [1.82, 2.24) is 7.96 Å². The van der Waals surface area contributed by atoms with Gasteiger partial charge in [0.05, 0.1) is 0 Å². The molecule has 1 heterocycles. The van der Waals surface area contributed by atoms with Crippen molar-refractivity contribution in [3.63, 3.8) is 0 Å². The number of benzene rings is 1. The van der Waals surface area contributed by atoms with Crippen LogP contribution in [0.25, 0.3) is 11.0 Å². The Balaban J connectivity index is 2.20. The third kappa shape index (κ3) is 2.47. The molecule has 1 unspecified atom stereocenters. The summed E-state index contributed by atoms with van der Waals surface area (Å²) in [4.78, 5) is 11.6. The molecule has 1 aromatic carbocycles. The number of nitrogens with two attached hydrogens (primary N) is 1. The zero-order chi connectivity index (χ0) is 11.5. The average molecular weight is 283 g/mol. The van der Waals surface area contributed by atoms with Crippen LogP contribution >= 0.6 is 0 Å². The van der Waals surface area contributed by atoms with Gasteiger partial charge in [-0.05, 0) is 0 Å². The van der Waals surface area contributed by atoms with Crippen molar-refractivity contribution in [1.29, 1.82) is 0 Å². The van der Waals surface area contributed by atoms with Gasteiger partial charge in [-0.1, -0.05) is 0 Å². The molecule has 84 valence electrons. The summed E-state index contributed by atoms with van der Waals surface area (Å²) in [6.07, 6.45) is 0.311. The molecule has 0 saturated carbocycles. The molecule has 0 radical (unpaired) electrons. The van der Waals surface area contributed by atoms with Gasteiger partial charge < -0.3 is 0 Å². The minimum atomic E-state index is -0.136. The van der Waals surface area contributed by atoms with Gasteiger partial charge in [0.2, 0.25) is 0 Å². The van der Waals surface area contributed by atoms with Gasteiger partial charge in [0, 0.05) is 0 Å². The van der Waals surface area contributed by atoms with Crippen molar-refractivity contribution in [2.45, 2.75) is 19.4 Å².